The highest BCUT2D eigenvalue weighted by molar-refractivity contribution is 7.89. The Labute approximate surface area is 308 Å². The molecule has 1 fully saturated rings. The van der Waals surface area contributed by atoms with Gasteiger partial charge in [-0.25, -0.2) is 18.4 Å². The van der Waals surface area contributed by atoms with E-state index in [9.17, 15) is 21.6 Å². The number of pyridine rings is 2. The number of hydrogen-bond acceptors (Lipinski definition) is 10. The van der Waals surface area contributed by atoms with Crippen molar-refractivity contribution in [2.24, 2.45) is 0 Å². The summed E-state index contributed by atoms with van der Waals surface area (Å²) in [6, 6.07) is 30.3. The standard InChI is InChI=1S/C39H37N5O7S2/c1-42(52(46,47)37-34-9-5-3-7-29(34)19-21-40-37)36(39(45)44-25-23-43(24-26-44)31-13-17-32(50-2)18-14-31)27-28-11-15-33(16-12-28)51-53(48,49)38-35-10-6-4-8-30(35)20-22-41-38/h3-22,36H,23-27H2,1-2H3. The maximum atomic E-state index is 14.4. The first-order chi connectivity index (χ1) is 25.5. The Morgan fingerprint density at radius 1 is 0.717 bits per heavy atom. The summed E-state index contributed by atoms with van der Waals surface area (Å²) in [7, 11) is -5.55. The van der Waals surface area contributed by atoms with Crippen LogP contribution in [0.25, 0.3) is 21.5 Å². The molecule has 12 nitrogen and oxygen atoms in total. The summed E-state index contributed by atoms with van der Waals surface area (Å²) >= 11 is 0. The van der Waals surface area contributed by atoms with Crippen LogP contribution in [0.3, 0.4) is 0 Å². The molecule has 0 bridgehead atoms. The van der Waals surface area contributed by atoms with Crippen molar-refractivity contribution >= 4 is 53.3 Å². The predicted octanol–water partition coefficient (Wildman–Crippen LogP) is 5.14. The number of carbonyl (C=O) groups is 1. The lowest BCUT2D eigenvalue weighted by molar-refractivity contribution is -0.135. The van der Waals surface area contributed by atoms with Crippen molar-refractivity contribution in [1.82, 2.24) is 19.2 Å². The average molecular weight is 752 g/mol. The van der Waals surface area contributed by atoms with Gasteiger partial charge in [0, 0.05) is 62.1 Å². The summed E-state index contributed by atoms with van der Waals surface area (Å²) < 4.78 is 67.0. The second-order valence-corrected chi connectivity index (χ2v) is 16.0. The molecule has 0 aliphatic carbocycles. The molecule has 1 amide bonds. The van der Waals surface area contributed by atoms with E-state index in [1.54, 1.807) is 78.7 Å². The number of sulfonamides is 1. The van der Waals surface area contributed by atoms with Gasteiger partial charge in [0.25, 0.3) is 10.0 Å². The van der Waals surface area contributed by atoms with E-state index in [2.05, 4.69) is 14.9 Å². The fourth-order valence-corrected chi connectivity index (χ4v) is 9.04. The third-order valence-corrected chi connectivity index (χ3v) is 12.5. The molecule has 0 radical (unpaired) electrons. The van der Waals surface area contributed by atoms with Crippen molar-refractivity contribution in [1.29, 1.82) is 0 Å². The van der Waals surface area contributed by atoms with E-state index in [0.717, 1.165) is 15.7 Å². The number of methoxy groups -OCH3 is 1. The molecule has 6 aromatic rings. The summed E-state index contributed by atoms with van der Waals surface area (Å²) in [4.78, 5) is 26.6. The number of piperazine rings is 1. The van der Waals surface area contributed by atoms with Crippen LogP contribution in [0.2, 0.25) is 0 Å². The number of likely N-dealkylation sites (N-methyl/N-ethyl adjacent to an activating group) is 1. The number of carbonyl (C=O) groups excluding carboxylic acids is 1. The van der Waals surface area contributed by atoms with Gasteiger partial charge in [-0.3, -0.25) is 4.79 Å². The molecule has 1 unspecified atom stereocenters. The van der Waals surface area contributed by atoms with E-state index in [1.165, 1.54) is 31.6 Å². The maximum absolute atomic E-state index is 14.4. The molecule has 53 heavy (non-hydrogen) atoms. The third-order valence-electron chi connectivity index (χ3n) is 9.45. The zero-order chi connectivity index (χ0) is 37.2. The zero-order valence-electron chi connectivity index (χ0n) is 29.1. The van der Waals surface area contributed by atoms with Gasteiger partial charge >= 0.3 is 10.1 Å². The van der Waals surface area contributed by atoms with Gasteiger partial charge in [0.1, 0.15) is 17.5 Å². The van der Waals surface area contributed by atoms with Crippen molar-refractivity contribution in [3.05, 3.63) is 127 Å². The van der Waals surface area contributed by atoms with E-state index >= 15 is 0 Å². The SMILES string of the molecule is COc1ccc(N2CCN(C(=O)C(Cc3ccc(OS(=O)(=O)c4nccc5ccccc45)cc3)N(C)S(=O)(=O)c3nccc4ccccc34)CC2)cc1. The lowest BCUT2D eigenvalue weighted by atomic mass is 10.0. The Morgan fingerprint density at radius 2 is 1.26 bits per heavy atom. The quantitative estimate of drug-likeness (QED) is 0.164. The largest absolute Gasteiger partial charge is 0.497 e. The first-order valence-corrected chi connectivity index (χ1v) is 19.8. The van der Waals surface area contributed by atoms with Crippen LogP contribution in [0.15, 0.2) is 132 Å². The van der Waals surface area contributed by atoms with Gasteiger partial charge < -0.3 is 18.7 Å². The van der Waals surface area contributed by atoms with Crippen molar-refractivity contribution in [2.45, 2.75) is 22.5 Å². The van der Waals surface area contributed by atoms with E-state index in [0.29, 0.717) is 53.3 Å². The minimum absolute atomic E-state index is 0.00985. The predicted molar refractivity (Wildman–Crippen MR) is 202 cm³/mol. The minimum Gasteiger partial charge on any atom is -0.497 e. The van der Waals surface area contributed by atoms with Crippen molar-refractivity contribution in [2.75, 3.05) is 45.2 Å². The lowest BCUT2D eigenvalue weighted by Gasteiger charge is -2.39. The second-order valence-electron chi connectivity index (χ2n) is 12.6. The topological polar surface area (TPSA) is 139 Å². The highest BCUT2D eigenvalue weighted by Crippen LogP contribution is 2.28. The van der Waals surface area contributed by atoms with Crippen LogP contribution in [0.5, 0.6) is 11.5 Å². The van der Waals surface area contributed by atoms with Crippen molar-refractivity contribution in [3.8, 4) is 11.5 Å². The number of amides is 1. The molecular weight excluding hydrogens is 715 g/mol. The van der Waals surface area contributed by atoms with E-state index in [1.807, 2.05) is 30.3 Å². The van der Waals surface area contributed by atoms with Crippen LogP contribution in [0.4, 0.5) is 5.69 Å². The third kappa shape index (κ3) is 7.38. The first-order valence-electron chi connectivity index (χ1n) is 16.9. The molecule has 7 rings (SSSR count). The molecule has 3 heterocycles. The molecule has 272 valence electrons. The highest BCUT2D eigenvalue weighted by Gasteiger charge is 2.38. The zero-order valence-corrected chi connectivity index (χ0v) is 30.7. The number of ether oxygens (including phenoxy) is 1. The maximum Gasteiger partial charge on any atom is 0.357 e. The highest BCUT2D eigenvalue weighted by atomic mass is 32.2. The molecule has 1 aliphatic rings. The Kier molecular flexibility index (Phi) is 10.0. The fraction of sp³-hybridized carbons (Fsp3) is 0.205. The van der Waals surface area contributed by atoms with Gasteiger partial charge in [-0.1, -0.05) is 60.7 Å². The van der Waals surface area contributed by atoms with Gasteiger partial charge in [-0.05, 0) is 71.3 Å². The molecule has 0 spiro atoms. The van der Waals surface area contributed by atoms with Crippen LogP contribution in [0, 0.1) is 0 Å². The minimum atomic E-state index is -4.29. The van der Waals surface area contributed by atoms with Crippen LogP contribution in [-0.4, -0.2) is 88.3 Å². The first kappa shape index (κ1) is 35.8. The second kappa shape index (κ2) is 14.8. The van der Waals surface area contributed by atoms with Crippen LogP contribution in [-0.2, 0) is 31.4 Å². The fourth-order valence-electron chi connectivity index (χ4n) is 6.52. The molecule has 0 saturated carbocycles. The molecule has 2 aromatic heterocycles. The Hall–Kier alpha value is -5.57. The van der Waals surface area contributed by atoms with Crippen molar-refractivity contribution in [3.63, 3.8) is 0 Å². The number of aromatic nitrogens is 2. The van der Waals surface area contributed by atoms with Crippen LogP contribution >= 0.6 is 0 Å². The van der Waals surface area contributed by atoms with Crippen LogP contribution in [0.1, 0.15) is 5.56 Å². The number of anilines is 1. The summed E-state index contributed by atoms with van der Waals surface area (Å²) in [5.74, 6) is 0.441. The van der Waals surface area contributed by atoms with E-state index in [-0.39, 0.29) is 28.1 Å². The van der Waals surface area contributed by atoms with Gasteiger partial charge in [0.2, 0.25) is 10.9 Å². The monoisotopic (exact) mass is 751 g/mol. The van der Waals surface area contributed by atoms with Gasteiger partial charge in [0.15, 0.2) is 5.03 Å². The number of hydrogen-bond donors (Lipinski definition) is 0. The Balaban J connectivity index is 1.15. The number of benzene rings is 4. The van der Waals surface area contributed by atoms with Crippen LogP contribution < -0.4 is 13.8 Å². The Bertz CT molecular complexity index is 2480. The molecular formula is C39H37N5O7S2. The molecule has 4 aromatic carbocycles. The molecule has 0 N–H and O–H groups in total. The smallest absolute Gasteiger partial charge is 0.357 e. The number of rotatable bonds is 11. The summed E-state index contributed by atoms with van der Waals surface area (Å²) in [6.07, 6.45) is 2.87. The number of fused-ring (bicyclic) bond motifs is 2. The van der Waals surface area contributed by atoms with Gasteiger partial charge in [-0.2, -0.15) is 12.7 Å². The summed E-state index contributed by atoms with van der Waals surface area (Å²) in [5.41, 5.74) is 1.60. The molecule has 1 atom stereocenters. The summed E-state index contributed by atoms with van der Waals surface area (Å²) in [5, 5.41) is 1.95. The average Bonchev–Trinajstić information content (AvgIpc) is 3.19. The summed E-state index contributed by atoms with van der Waals surface area (Å²) in [6.45, 7) is 1.87. The van der Waals surface area contributed by atoms with Gasteiger partial charge in [0.05, 0.1) is 7.11 Å². The van der Waals surface area contributed by atoms with E-state index < -0.39 is 26.2 Å². The Morgan fingerprint density at radius 3 is 1.87 bits per heavy atom. The lowest BCUT2D eigenvalue weighted by Crippen LogP contribution is -2.56. The normalized spacial score (nSPS) is 14.4. The molecule has 1 saturated heterocycles. The number of nitrogens with zero attached hydrogens (tertiary/aromatic N) is 5. The van der Waals surface area contributed by atoms with Crippen molar-refractivity contribution < 1.29 is 30.6 Å². The van der Waals surface area contributed by atoms with Gasteiger partial charge in [-0.15, -0.1) is 0 Å². The molecule has 1 aliphatic heterocycles. The molecule has 14 heteroatoms. The van der Waals surface area contributed by atoms with E-state index in [4.69, 9.17) is 8.92 Å².